The Balaban J connectivity index is 1.69. The van der Waals surface area contributed by atoms with E-state index in [4.69, 9.17) is 4.74 Å². The van der Waals surface area contributed by atoms with Gasteiger partial charge in [0.05, 0.1) is 19.3 Å². The van der Waals surface area contributed by atoms with Crippen molar-refractivity contribution in [2.75, 3.05) is 39.4 Å². The Morgan fingerprint density at radius 3 is 2.88 bits per heavy atom. The van der Waals surface area contributed by atoms with E-state index in [0.29, 0.717) is 6.04 Å². The highest BCUT2D eigenvalue weighted by molar-refractivity contribution is 4.96. The van der Waals surface area contributed by atoms with Crippen LogP contribution in [0.3, 0.4) is 0 Å². The number of aryl methyl sites for hydroxylation is 1. The summed E-state index contributed by atoms with van der Waals surface area (Å²) in [7, 11) is 2.03. The van der Waals surface area contributed by atoms with E-state index in [9.17, 15) is 0 Å². The second kappa shape index (κ2) is 6.14. The van der Waals surface area contributed by atoms with Crippen molar-refractivity contribution in [1.82, 2.24) is 19.8 Å². The molecule has 2 rings (SSSR count). The number of hydrogen-bond acceptors (Lipinski definition) is 4. The number of nitrogens with one attached hydrogen (secondary N) is 1. The van der Waals surface area contributed by atoms with Crippen molar-refractivity contribution in [2.24, 2.45) is 7.05 Å². The molecule has 1 aliphatic heterocycles. The number of ether oxygens (including phenoxy) is 1. The molecule has 1 aromatic heterocycles. The van der Waals surface area contributed by atoms with E-state index in [1.54, 1.807) is 0 Å². The van der Waals surface area contributed by atoms with Gasteiger partial charge in [0.2, 0.25) is 0 Å². The molecule has 0 bridgehead atoms. The zero-order chi connectivity index (χ0) is 12.1. The van der Waals surface area contributed by atoms with Crippen LogP contribution in [0.5, 0.6) is 0 Å². The highest BCUT2D eigenvalue weighted by Gasteiger charge is 2.12. The minimum atomic E-state index is 0.302. The van der Waals surface area contributed by atoms with Crippen molar-refractivity contribution in [3.63, 3.8) is 0 Å². The van der Waals surface area contributed by atoms with Crippen LogP contribution in [0.1, 0.15) is 18.8 Å². The molecular weight excluding hydrogens is 216 g/mol. The predicted octanol–water partition coefficient (Wildman–Crippen LogP) is 0.403. The minimum absolute atomic E-state index is 0.302. The fourth-order valence-electron chi connectivity index (χ4n) is 2.15. The number of nitrogens with zero attached hydrogens (tertiary/aromatic N) is 3. The van der Waals surface area contributed by atoms with Crippen molar-refractivity contribution < 1.29 is 4.74 Å². The molecule has 1 atom stereocenters. The lowest BCUT2D eigenvalue weighted by Gasteiger charge is -2.27. The van der Waals surface area contributed by atoms with E-state index < -0.39 is 0 Å². The molecule has 1 aliphatic rings. The molecule has 5 heteroatoms. The van der Waals surface area contributed by atoms with Gasteiger partial charge in [-0.2, -0.15) is 0 Å². The van der Waals surface area contributed by atoms with E-state index in [-0.39, 0.29) is 0 Å². The third-order valence-corrected chi connectivity index (χ3v) is 3.23. The summed E-state index contributed by atoms with van der Waals surface area (Å²) in [5.41, 5.74) is 0. The van der Waals surface area contributed by atoms with E-state index in [1.807, 2.05) is 19.4 Å². The van der Waals surface area contributed by atoms with Crippen LogP contribution in [-0.4, -0.2) is 53.8 Å². The molecule has 5 nitrogen and oxygen atoms in total. The Hall–Kier alpha value is -0.910. The Morgan fingerprint density at radius 1 is 1.47 bits per heavy atom. The van der Waals surface area contributed by atoms with Crippen LogP contribution in [0.4, 0.5) is 0 Å². The maximum Gasteiger partial charge on any atom is 0.125 e. The standard InChI is InChI=1S/C12H22N4O/c1-11(12-14-3-5-15(12)2)13-4-6-16-7-9-17-10-8-16/h3,5,11,13H,4,6-10H2,1-2H3. The average Bonchev–Trinajstić information content (AvgIpc) is 2.77. The summed E-state index contributed by atoms with van der Waals surface area (Å²) in [6.07, 6.45) is 3.82. The molecule has 0 aromatic carbocycles. The number of aromatic nitrogens is 2. The first kappa shape index (κ1) is 12.5. The SMILES string of the molecule is CC(NCCN1CCOCC1)c1nccn1C. The molecule has 0 saturated carbocycles. The van der Waals surface area contributed by atoms with Crippen molar-refractivity contribution in [2.45, 2.75) is 13.0 Å². The van der Waals surface area contributed by atoms with Gasteiger partial charge in [-0.1, -0.05) is 0 Å². The lowest BCUT2D eigenvalue weighted by Crippen LogP contribution is -2.40. The molecule has 1 N–H and O–H groups in total. The van der Waals surface area contributed by atoms with Crippen molar-refractivity contribution in [1.29, 1.82) is 0 Å². The lowest BCUT2D eigenvalue weighted by atomic mass is 10.3. The molecular formula is C12H22N4O. The van der Waals surface area contributed by atoms with E-state index in [0.717, 1.165) is 45.2 Å². The first-order chi connectivity index (χ1) is 8.27. The van der Waals surface area contributed by atoms with Crippen LogP contribution >= 0.6 is 0 Å². The number of imidazole rings is 1. The molecule has 1 fully saturated rings. The van der Waals surface area contributed by atoms with Crippen LogP contribution in [0.2, 0.25) is 0 Å². The third kappa shape index (κ3) is 3.52. The lowest BCUT2D eigenvalue weighted by molar-refractivity contribution is 0.0381. The second-order valence-electron chi connectivity index (χ2n) is 4.53. The summed E-state index contributed by atoms with van der Waals surface area (Å²) in [5.74, 6) is 1.09. The van der Waals surface area contributed by atoms with Gasteiger partial charge < -0.3 is 14.6 Å². The van der Waals surface area contributed by atoms with Crippen LogP contribution in [0.25, 0.3) is 0 Å². The number of morpholine rings is 1. The fraction of sp³-hybridized carbons (Fsp3) is 0.750. The summed E-state index contributed by atoms with van der Waals surface area (Å²) in [6.45, 7) is 8.08. The maximum atomic E-state index is 5.33. The van der Waals surface area contributed by atoms with Gasteiger partial charge >= 0.3 is 0 Å². The first-order valence-electron chi connectivity index (χ1n) is 6.28. The van der Waals surface area contributed by atoms with Gasteiger partial charge in [0, 0.05) is 45.6 Å². The summed E-state index contributed by atoms with van der Waals surface area (Å²) >= 11 is 0. The topological polar surface area (TPSA) is 42.3 Å². The summed E-state index contributed by atoms with van der Waals surface area (Å²) in [6, 6.07) is 0.302. The molecule has 1 saturated heterocycles. The van der Waals surface area contributed by atoms with Gasteiger partial charge in [0.25, 0.3) is 0 Å². The second-order valence-corrected chi connectivity index (χ2v) is 4.53. The van der Waals surface area contributed by atoms with Gasteiger partial charge in [-0.05, 0) is 6.92 Å². The van der Waals surface area contributed by atoms with Gasteiger partial charge in [0.15, 0.2) is 0 Å². The van der Waals surface area contributed by atoms with Crippen molar-refractivity contribution >= 4 is 0 Å². The average molecular weight is 238 g/mol. The van der Waals surface area contributed by atoms with Gasteiger partial charge in [0.1, 0.15) is 5.82 Å². The number of hydrogen-bond donors (Lipinski definition) is 1. The molecule has 17 heavy (non-hydrogen) atoms. The highest BCUT2D eigenvalue weighted by Crippen LogP contribution is 2.07. The number of rotatable bonds is 5. The maximum absolute atomic E-state index is 5.33. The molecule has 0 aliphatic carbocycles. The first-order valence-corrected chi connectivity index (χ1v) is 6.28. The molecule has 2 heterocycles. The van der Waals surface area contributed by atoms with Crippen LogP contribution < -0.4 is 5.32 Å². The molecule has 0 radical (unpaired) electrons. The minimum Gasteiger partial charge on any atom is -0.379 e. The van der Waals surface area contributed by atoms with E-state index in [2.05, 4.69) is 26.7 Å². The Kier molecular flexibility index (Phi) is 4.53. The molecule has 1 aromatic rings. The Bertz CT molecular complexity index is 333. The summed E-state index contributed by atoms with van der Waals surface area (Å²) in [5, 5.41) is 3.51. The quantitative estimate of drug-likeness (QED) is 0.806. The van der Waals surface area contributed by atoms with Gasteiger partial charge in [-0.15, -0.1) is 0 Å². The van der Waals surface area contributed by atoms with E-state index >= 15 is 0 Å². The molecule has 0 spiro atoms. The Labute approximate surface area is 103 Å². The predicted molar refractivity (Wildman–Crippen MR) is 66.9 cm³/mol. The van der Waals surface area contributed by atoms with Crippen LogP contribution in [0, 0.1) is 0 Å². The summed E-state index contributed by atoms with van der Waals surface area (Å²) in [4.78, 5) is 6.78. The van der Waals surface area contributed by atoms with Crippen molar-refractivity contribution in [3.8, 4) is 0 Å². The van der Waals surface area contributed by atoms with Crippen LogP contribution in [0.15, 0.2) is 12.4 Å². The van der Waals surface area contributed by atoms with E-state index in [1.165, 1.54) is 0 Å². The molecule has 96 valence electrons. The monoisotopic (exact) mass is 238 g/mol. The molecule has 1 unspecified atom stereocenters. The van der Waals surface area contributed by atoms with Crippen molar-refractivity contribution in [3.05, 3.63) is 18.2 Å². The normalized spacial score (nSPS) is 19.4. The zero-order valence-corrected chi connectivity index (χ0v) is 10.7. The fourth-order valence-corrected chi connectivity index (χ4v) is 2.15. The van der Waals surface area contributed by atoms with Gasteiger partial charge in [-0.25, -0.2) is 4.98 Å². The van der Waals surface area contributed by atoms with Crippen LogP contribution in [-0.2, 0) is 11.8 Å². The highest BCUT2D eigenvalue weighted by atomic mass is 16.5. The third-order valence-electron chi connectivity index (χ3n) is 3.23. The Morgan fingerprint density at radius 2 is 2.24 bits per heavy atom. The molecule has 0 amide bonds. The zero-order valence-electron chi connectivity index (χ0n) is 10.7. The smallest absolute Gasteiger partial charge is 0.125 e. The largest absolute Gasteiger partial charge is 0.379 e. The summed E-state index contributed by atoms with van der Waals surface area (Å²) < 4.78 is 7.39. The van der Waals surface area contributed by atoms with Gasteiger partial charge in [-0.3, -0.25) is 4.90 Å².